The van der Waals surface area contributed by atoms with Crippen LogP contribution in [0.2, 0.25) is 0 Å². The first-order valence-corrected chi connectivity index (χ1v) is 4.50. The topological polar surface area (TPSA) is 35.2 Å². The van der Waals surface area contributed by atoms with E-state index in [0.717, 1.165) is 0 Å². The molecular formula is C8H7BrF3NO. The summed E-state index contributed by atoms with van der Waals surface area (Å²) in [6.45, 7) is -0.0358. The van der Waals surface area contributed by atoms with Gasteiger partial charge in [-0.2, -0.15) is 0 Å². The molecule has 0 bridgehead atoms. The molecule has 0 saturated carbocycles. The minimum Gasteiger partial charge on any atom is -0.304 e. The van der Waals surface area contributed by atoms with Crippen LogP contribution in [0.3, 0.4) is 0 Å². The van der Waals surface area contributed by atoms with Crippen LogP contribution < -0.4 is 5.90 Å². The summed E-state index contributed by atoms with van der Waals surface area (Å²) in [6, 6.07) is 0.610. The molecule has 0 heterocycles. The van der Waals surface area contributed by atoms with Crippen LogP contribution in [0.1, 0.15) is 5.56 Å². The smallest absolute Gasteiger partial charge is 0.146 e. The number of nitrogens with two attached hydrogens (primary N) is 1. The lowest BCUT2D eigenvalue weighted by atomic mass is 10.1. The van der Waals surface area contributed by atoms with Gasteiger partial charge < -0.3 is 4.84 Å². The molecule has 0 atom stereocenters. The third-order valence-corrected chi connectivity index (χ3v) is 2.41. The molecule has 14 heavy (non-hydrogen) atoms. The Labute approximate surface area is 86.9 Å². The third kappa shape index (κ3) is 2.26. The zero-order valence-electron chi connectivity index (χ0n) is 6.99. The molecule has 0 saturated heterocycles. The Balaban J connectivity index is 3.09. The first kappa shape index (κ1) is 11.5. The summed E-state index contributed by atoms with van der Waals surface area (Å²) >= 11 is 2.67. The van der Waals surface area contributed by atoms with Crippen molar-refractivity contribution in [2.45, 2.75) is 6.42 Å². The first-order chi connectivity index (χ1) is 6.57. The van der Waals surface area contributed by atoms with E-state index in [1.165, 1.54) is 0 Å². The molecule has 0 fully saturated rings. The van der Waals surface area contributed by atoms with Crippen molar-refractivity contribution in [3.63, 3.8) is 0 Å². The average molecular weight is 270 g/mol. The number of hydrogen-bond acceptors (Lipinski definition) is 2. The Kier molecular flexibility index (Phi) is 3.91. The van der Waals surface area contributed by atoms with Crippen LogP contribution >= 0.6 is 15.9 Å². The van der Waals surface area contributed by atoms with Gasteiger partial charge in [0, 0.05) is 18.1 Å². The van der Waals surface area contributed by atoms with Gasteiger partial charge in [-0.25, -0.2) is 19.1 Å². The molecule has 1 aromatic rings. The summed E-state index contributed by atoms with van der Waals surface area (Å²) in [5.74, 6) is 1.84. The molecule has 0 amide bonds. The van der Waals surface area contributed by atoms with Gasteiger partial charge in [0.15, 0.2) is 0 Å². The van der Waals surface area contributed by atoms with Crippen LogP contribution in [0, 0.1) is 17.5 Å². The summed E-state index contributed by atoms with van der Waals surface area (Å²) < 4.78 is 38.6. The molecular weight excluding hydrogens is 263 g/mol. The predicted molar refractivity (Wildman–Crippen MR) is 47.9 cm³/mol. The highest BCUT2D eigenvalue weighted by molar-refractivity contribution is 9.10. The first-order valence-electron chi connectivity index (χ1n) is 3.71. The zero-order chi connectivity index (χ0) is 10.7. The second-order valence-corrected chi connectivity index (χ2v) is 3.36. The maximum absolute atomic E-state index is 13.2. The lowest BCUT2D eigenvalue weighted by Gasteiger charge is -2.06. The molecule has 6 heteroatoms. The number of benzene rings is 1. The van der Waals surface area contributed by atoms with Crippen molar-refractivity contribution in [3.05, 3.63) is 33.6 Å². The van der Waals surface area contributed by atoms with Crippen LogP contribution in [-0.2, 0) is 11.3 Å². The number of hydrogen-bond donors (Lipinski definition) is 1. The fraction of sp³-hybridized carbons (Fsp3) is 0.250. The minimum absolute atomic E-state index is 0.0358. The maximum Gasteiger partial charge on any atom is 0.146 e. The van der Waals surface area contributed by atoms with Gasteiger partial charge >= 0.3 is 0 Å². The fourth-order valence-electron chi connectivity index (χ4n) is 0.994. The van der Waals surface area contributed by atoms with Crippen molar-refractivity contribution >= 4 is 15.9 Å². The van der Waals surface area contributed by atoms with Crippen LogP contribution in [0.5, 0.6) is 0 Å². The number of rotatable bonds is 3. The van der Waals surface area contributed by atoms with Crippen LogP contribution in [-0.4, -0.2) is 6.61 Å². The summed E-state index contributed by atoms with van der Waals surface area (Å²) in [4.78, 5) is 4.18. The van der Waals surface area contributed by atoms with Crippen LogP contribution in [0.25, 0.3) is 0 Å². The third-order valence-electron chi connectivity index (χ3n) is 1.68. The van der Waals surface area contributed by atoms with E-state index in [9.17, 15) is 13.2 Å². The molecule has 0 aliphatic carbocycles. The van der Waals surface area contributed by atoms with Gasteiger partial charge in [-0.3, -0.25) is 0 Å². The predicted octanol–water partition coefficient (Wildman–Crippen LogP) is 2.30. The largest absolute Gasteiger partial charge is 0.304 e. The van der Waals surface area contributed by atoms with Crippen LogP contribution in [0.4, 0.5) is 13.2 Å². The molecule has 0 unspecified atom stereocenters. The Morgan fingerprint density at radius 2 is 1.93 bits per heavy atom. The van der Waals surface area contributed by atoms with Gasteiger partial charge in [-0.1, -0.05) is 0 Å². The van der Waals surface area contributed by atoms with Gasteiger partial charge in [0.05, 0.1) is 11.1 Å². The van der Waals surface area contributed by atoms with Gasteiger partial charge in [-0.15, -0.1) is 0 Å². The highest BCUT2D eigenvalue weighted by Gasteiger charge is 2.16. The minimum atomic E-state index is -0.975. The van der Waals surface area contributed by atoms with Crippen molar-refractivity contribution in [1.82, 2.24) is 0 Å². The van der Waals surface area contributed by atoms with Crippen molar-refractivity contribution < 1.29 is 18.0 Å². The maximum atomic E-state index is 13.2. The second kappa shape index (κ2) is 4.77. The van der Waals surface area contributed by atoms with Gasteiger partial charge in [0.2, 0.25) is 0 Å². The van der Waals surface area contributed by atoms with Crippen molar-refractivity contribution in [3.8, 4) is 0 Å². The Morgan fingerprint density at radius 1 is 1.29 bits per heavy atom. The Hall–Kier alpha value is -0.590. The van der Waals surface area contributed by atoms with E-state index in [-0.39, 0.29) is 23.1 Å². The number of halogens is 4. The summed E-state index contributed by atoms with van der Waals surface area (Å²) in [5.41, 5.74) is -0.247. The lowest BCUT2D eigenvalue weighted by Crippen LogP contribution is -2.07. The monoisotopic (exact) mass is 269 g/mol. The summed E-state index contributed by atoms with van der Waals surface area (Å²) in [5, 5.41) is 0. The Bertz CT molecular complexity index is 346. The molecule has 0 aromatic heterocycles. The quantitative estimate of drug-likeness (QED) is 0.519. The molecule has 0 aliphatic heterocycles. The second-order valence-electron chi connectivity index (χ2n) is 2.57. The molecule has 0 spiro atoms. The fourth-order valence-corrected chi connectivity index (χ4v) is 1.35. The molecule has 1 rings (SSSR count). The summed E-state index contributed by atoms with van der Waals surface area (Å²) in [7, 11) is 0. The van der Waals surface area contributed by atoms with E-state index < -0.39 is 17.5 Å². The van der Waals surface area contributed by atoms with E-state index >= 15 is 0 Å². The molecule has 0 radical (unpaired) electrons. The van der Waals surface area contributed by atoms with Gasteiger partial charge in [-0.05, 0) is 15.9 Å². The highest BCUT2D eigenvalue weighted by Crippen LogP contribution is 2.25. The molecule has 0 aliphatic rings. The van der Waals surface area contributed by atoms with E-state index in [1.807, 2.05) is 0 Å². The molecule has 2 N–H and O–H groups in total. The standard InChI is InChI=1S/C8H7BrF3NO/c9-7-6(11)3-5(10)4(8(7)12)1-2-14-13/h3H,1-2,13H2. The van der Waals surface area contributed by atoms with E-state index in [2.05, 4.69) is 20.8 Å². The molecule has 78 valence electrons. The zero-order valence-corrected chi connectivity index (χ0v) is 8.58. The van der Waals surface area contributed by atoms with Crippen LogP contribution in [0.15, 0.2) is 10.5 Å². The van der Waals surface area contributed by atoms with Crippen molar-refractivity contribution in [2.75, 3.05) is 6.61 Å². The lowest BCUT2D eigenvalue weighted by molar-refractivity contribution is 0.140. The van der Waals surface area contributed by atoms with Gasteiger partial charge in [0.1, 0.15) is 17.5 Å². The molecule has 2 nitrogen and oxygen atoms in total. The SMILES string of the molecule is NOCCc1c(F)cc(F)c(Br)c1F. The van der Waals surface area contributed by atoms with Crippen molar-refractivity contribution in [2.24, 2.45) is 5.90 Å². The van der Waals surface area contributed by atoms with E-state index in [1.54, 1.807) is 0 Å². The highest BCUT2D eigenvalue weighted by atomic mass is 79.9. The van der Waals surface area contributed by atoms with Crippen molar-refractivity contribution in [1.29, 1.82) is 0 Å². The summed E-state index contributed by atoms with van der Waals surface area (Å²) in [6.07, 6.45) is -0.0486. The van der Waals surface area contributed by atoms with E-state index in [4.69, 9.17) is 5.90 Å². The molecule has 1 aromatic carbocycles. The van der Waals surface area contributed by atoms with Gasteiger partial charge in [0.25, 0.3) is 0 Å². The Morgan fingerprint density at radius 3 is 2.50 bits per heavy atom. The average Bonchev–Trinajstić information content (AvgIpc) is 2.14. The normalized spacial score (nSPS) is 10.6. The van der Waals surface area contributed by atoms with E-state index in [0.29, 0.717) is 6.07 Å².